The number of carboxylic acid groups (broad SMARTS) is 5. The maximum atomic E-state index is 10.4. The molecule has 0 unspecified atom stereocenters. The van der Waals surface area contributed by atoms with Gasteiger partial charge in [0.2, 0.25) is 0 Å². The van der Waals surface area contributed by atoms with E-state index in [2.05, 4.69) is 56.1 Å². The number of rotatable bonds is 50. The molecule has 23 nitrogen and oxygen atoms in total. The third kappa shape index (κ3) is 111. The third-order valence-corrected chi connectivity index (χ3v) is 14.3. The van der Waals surface area contributed by atoms with Crippen LogP contribution in [0.15, 0.2) is 66.9 Å². The monoisotopic (exact) mass is 1550 g/mol. The number of pyridine rings is 3. The number of aliphatic hydroxyl groups excluding tert-OH is 1. The number of hydrogen-bond donors (Lipinski definition) is 7. The fraction of sp³-hybridized carbons (Fsp3) is 0.711. The molecule has 0 atom stereocenters. The van der Waals surface area contributed by atoms with E-state index in [0.717, 1.165) is 66.8 Å². The van der Waals surface area contributed by atoms with E-state index in [1.54, 1.807) is 54.6 Å². The molecular formula is C76H136N8O15V3-. The minimum atomic E-state index is -1.56. The first-order valence-corrected chi connectivity index (χ1v) is 39.4. The summed E-state index contributed by atoms with van der Waals surface area (Å²) in [6, 6.07) is 14.5. The first kappa shape index (κ1) is 113. The zero-order valence-corrected chi connectivity index (χ0v) is 67.3. The Kier molecular flexibility index (Phi) is 111. The molecule has 0 saturated carbocycles. The van der Waals surface area contributed by atoms with Crippen molar-refractivity contribution < 1.29 is 121 Å². The first-order chi connectivity index (χ1) is 49.2. The van der Waals surface area contributed by atoms with E-state index in [4.69, 9.17) is 74.4 Å². The summed E-state index contributed by atoms with van der Waals surface area (Å²) in [5.74, 6) is -4.83. The van der Waals surface area contributed by atoms with Gasteiger partial charge in [-0.1, -0.05) is 303 Å². The van der Waals surface area contributed by atoms with Crippen molar-refractivity contribution in [1.82, 2.24) is 15.0 Å². The van der Waals surface area contributed by atoms with Crippen LogP contribution >= 0.6 is 0 Å². The van der Waals surface area contributed by atoms with Crippen molar-refractivity contribution >= 4 is 29.8 Å². The van der Waals surface area contributed by atoms with Gasteiger partial charge in [0.05, 0.1) is 66.3 Å². The van der Waals surface area contributed by atoms with Gasteiger partial charge in [-0.05, 0) is 36.4 Å². The first-order valence-electron chi connectivity index (χ1n) is 37.1. The van der Waals surface area contributed by atoms with Crippen LogP contribution in [0.25, 0.3) is 28.7 Å². The maximum absolute atomic E-state index is 10.4. The van der Waals surface area contributed by atoms with Gasteiger partial charge in [-0.3, -0.25) is 38.9 Å². The molecule has 0 radical (unpaired) electrons. The fourth-order valence-corrected chi connectivity index (χ4v) is 9.10. The van der Waals surface area contributed by atoms with Crippen LogP contribution < -0.4 is 0 Å². The Morgan fingerprint density at radius 1 is 0.304 bits per heavy atom. The predicted octanol–water partition coefficient (Wildman–Crippen LogP) is 21.2. The molecule has 0 aliphatic heterocycles. The van der Waals surface area contributed by atoms with Crippen LogP contribution in [-0.2, 0) is 125 Å². The van der Waals surface area contributed by atoms with Gasteiger partial charge in [0.25, 0.3) is 0 Å². The second-order valence-corrected chi connectivity index (χ2v) is 24.2. The van der Waals surface area contributed by atoms with E-state index in [9.17, 15) is 24.0 Å². The zero-order valence-electron chi connectivity index (χ0n) is 63.1. The van der Waals surface area contributed by atoms with E-state index in [1.165, 1.54) is 212 Å². The van der Waals surface area contributed by atoms with Crippen LogP contribution in [0.3, 0.4) is 0 Å². The van der Waals surface area contributed by atoms with Crippen molar-refractivity contribution in [3.05, 3.63) is 130 Å². The van der Waals surface area contributed by atoms with Gasteiger partial charge in [-0.2, -0.15) is 32.7 Å². The van der Waals surface area contributed by atoms with Crippen LogP contribution in [0.2, 0.25) is 0 Å². The Morgan fingerprint density at radius 3 is 0.549 bits per heavy atom. The average Bonchev–Trinajstić information content (AvgIpc) is 0.928. The molecule has 0 fully saturated rings. The van der Waals surface area contributed by atoms with Crippen molar-refractivity contribution in [3.63, 3.8) is 0 Å². The molecule has 0 aliphatic rings. The van der Waals surface area contributed by atoms with Crippen molar-refractivity contribution in [2.75, 3.05) is 32.7 Å². The topological polar surface area (TPSA) is 436 Å². The van der Waals surface area contributed by atoms with Crippen molar-refractivity contribution in [2.45, 2.75) is 317 Å². The number of allylic oxidation sites excluding steroid dienone is 1. The summed E-state index contributed by atoms with van der Waals surface area (Å²) >= 11 is 0.562. The molecule has 12 N–H and O–H groups in total. The number of nitrogens with zero attached hydrogens (tertiary/aromatic N) is 3. The number of hydrogen-bond acceptors (Lipinski definition) is 12. The molecule has 586 valence electrons. The zero-order chi connectivity index (χ0) is 78.8. The Hall–Kier alpha value is -4.75. The molecule has 0 spiro atoms. The number of carbonyl (C=O) groups is 5. The van der Waals surface area contributed by atoms with Crippen LogP contribution in [0, 0.1) is 0 Å². The van der Waals surface area contributed by atoms with Crippen molar-refractivity contribution in [1.29, 1.82) is 0 Å². The molecule has 3 heterocycles. The SMILES string of the molecule is C=C(O)Cc1cccc(CC(=O)O)n1.CCCCCCCCCC[NH-].CCCCCCCCCC[NH-].CCCCCCCCCC[NH-].CCCCCCCCC[NH-].CCCCCCCCC[NH-].O=C(O)Cc1cccc(CC(=O)O)n1.O=C(O)Cc1cccc(CC(=O)O)n1.[O]=[V+2].[O]=[V+2].[O]=[V][OH]. The van der Waals surface area contributed by atoms with Gasteiger partial charge >= 0.3 is 96.2 Å². The summed E-state index contributed by atoms with van der Waals surface area (Å²) in [5.41, 5.74) is 37.3. The van der Waals surface area contributed by atoms with Gasteiger partial charge in [0, 0.05) is 12.1 Å². The number of carboxylic acids is 5. The molecule has 26 heteroatoms. The molecule has 0 aromatic carbocycles. The van der Waals surface area contributed by atoms with Crippen molar-refractivity contribution in [3.8, 4) is 0 Å². The third-order valence-electron chi connectivity index (χ3n) is 14.3. The van der Waals surface area contributed by atoms with Crippen LogP contribution in [0.4, 0.5) is 0 Å². The normalized spacial score (nSPS) is 9.60. The molecule has 0 amide bonds. The number of unbranched alkanes of at least 4 members (excludes halogenated alkanes) is 33. The van der Waals surface area contributed by atoms with Crippen LogP contribution in [0.5, 0.6) is 0 Å². The van der Waals surface area contributed by atoms with E-state index in [1.807, 2.05) is 0 Å². The summed E-state index contributed by atoms with van der Waals surface area (Å²) in [6.45, 7) is 17.7. The Morgan fingerprint density at radius 2 is 0.431 bits per heavy atom. The quantitative estimate of drug-likeness (QED) is 0.0204. The molecule has 0 aliphatic carbocycles. The second-order valence-electron chi connectivity index (χ2n) is 24.0. The fourth-order valence-electron chi connectivity index (χ4n) is 9.10. The van der Waals surface area contributed by atoms with E-state index >= 15 is 0 Å². The number of aromatic nitrogens is 3. The molecule has 0 bridgehead atoms. The van der Waals surface area contributed by atoms with Crippen molar-refractivity contribution in [2.24, 2.45) is 0 Å². The number of aliphatic carboxylic acids is 5. The Balaban J connectivity index is -0.000000163. The summed E-state index contributed by atoms with van der Waals surface area (Å²) in [5, 5.41) is 51.4. The van der Waals surface area contributed by atoms with Gasteiger partial charge < -0.3 is 59.3 Å². The predicted molar refractivity (Wildman–Crippen MR) is 399 cm³/mol. The summed E-state index contributed by atoms with van der Waals surface area (Å²) in [6.07, 6.45) is 49.9. The summed E-state index contributed by atoms with van der Waals surface area (Å²) in [4.78, 5) is 63.6. The van der Waals surface area contributed by atoms with Crippen LogP contribution in [-0.4, -0.2) is 112 Å². The number of aliphatic hydroxyl groups is 1. The molecule has 3 aromatic rings. The van der Waals surface area contributed by atoms with E-state index in [0.29, 0.717) is 66.9 Å². The van der Waals surface area contributed by atoms with Gasteiger partial charge in [0.15, 0.2) is 0 Å². The van der Waals surface area contributed by atoms with Gasteiger partial charge in [-0.15, -0.1) is 0 Å². The second kappa shape index (κ2) is 100. The van der Waals surface area contributed by atoms with Gasteiger partial charge in [-0.25, -0.2) is 0 Å². The van der Waals surface area contributed by atoms with Gasteiger partial charge in [0.1, 0.15) is 0 Å². The average molecular weight is 1550 g/mol. The Labute approximate surface area is 641 Å². The van der Waals surface area contributed by atoms with E-state index in [-0.39, 0.29) is 44.3 Å². The molecular weight excluding hydrogens is 1420 g/mol. The van der Waals surface area contributed by atoms with Crippen LogP contribution in [0.1, 0.15) is 313 Å². The molecule has 3 aromatic heterocycles. The molecule has 0 saturated heterocycles. The minimum absolute atomic E-state index is 0.0185. The summed E-state index contributed by atoms with van der Waals surface area (Å²) < 4.78 is 32.1. The van der Waals surface area contributed by atoms with E-state index < -0.39 is 46.4 Å². The summed E-state index contributed by atoms with van der Waals surface area (Å²) in [7, 11) is 0. The molecule has 3 rings (SSSR count). The standard InChI is InChI=1S/C10H11NO3.3C10H22N.2C9H9NO4.2C9H20N.H2O.3O.3V/c1-7(12)5-8-3-2-4-9(11-8)6-10(13)14;3*1-2-3-4-5-6-7-8-9-10-11;2*11-8(12)4-6-2-1-3-7(10-6)5-9(13)14;2*1-2-3-4-5-6-7-8-9-10;;;;;;;/h2-4,12H,1,5-6H2,(H,13,14);3*11H,2-10H2,1H3;2*1-3H,4-5H2,(H,11,12)(H,13,14);2*10H,2-9H2,1H3;1H2;;;;;;/q;3*-1;;;2*-1;;;;;+1;2*+2/p-1. The molecule has 102 heavy (non-hydrogen) atoms. The number of nitrogens with one attached hydrogen (secondary N) is 5. The Bertz CT molecular complexity index is 1940.